The molecule has 5 nitrogen and oxygen atoms in total. The molecular formula is C19H27N3O2. The van der Waals surface area contributed by atoms with Crippen LogP contribution in [0.3, 0.4) is 0 Å². The molecule has 1 aromatic rings. The van der Waals surface area contributed by atoms with Crippen LogP contribution in [0, 0.1) is 0 Å². The standard InChI is InChI=1S/C19H27N3O2/c1-21-11-8-14(9-12-21)24-18-7-6-15-16(20-18)10-13-22-17(15)4-2-3-5-19(22)23/h6-7,14,17H,2-5,8-13H2,1H3. The van der Waals surface area contributed by atoms with E-state index in [1.54, 1.807) is 0 Å². The van der Waals surface area contributed by atoms with E-state index in [-0.39, 0.29) is 12.1 Å². The van der Waals surface area contributed by atoms with Crippen molar-refractivity contribution in [2.45, 2.75) is 57.1 Å². The van der Waals surface area contributed by atoms with Gasteiger partial charge in [-0.2, -0.15) is 0 Å². The third-order valence-corrected chi connectivity index (χ3v) is 5.70. The Labute approximate surface area is 144 Å². The molecule has 1 aromatic heterocycles. The summed E-state index contributed by atoms with van der Waals surface area (Å²) in [6, 6.07) is 4.39. The van der Waals surface area contributed by atoms with Crippen molar-refractivity contribution in [2.24, 2.45) is 0 Å². The zero-order valence-electron chi connectivity index (χ0n) is 14.5. The quantitative estimate of drug-likeness (QED) is 0.836. The van der Waals surface area contributed by atoms with E-state index in [9.17, 15) is 4.79 Å². The third-order valence-electron chi connectivity index (χ3n) is 5.70. The molecule has 0 radical (unpaired) electrons. The highest BCUT2D eigenvalue weighted by Gasteiger charge is 2.33. The second-order valence-corrected chi connectivity index (χ2v) is 7.40. The first-order valence-corrected chi connectivity index (χ1v) is 9.35. The average Bonchev–Trinajstić information content (AvgIpc) is 2.78. The zero-order chi connectivity index (χ0) is 16.5. The smallest absolute Gasteiger partial charge is 0.223 e. The number of ether oxygens (including phenoxy) is 1. The molecular weight excluding hydrogens is 302 g/mol. The highest BCUT2D eigenvalue weighted by molar-refractivity contribution is 5.77. The molecule has 1 atom stereocenters. The van der Waals surface area contributed by atoms with Gasteiger partial charge in [0.15, 0.2) is 0 Å². The number of fused-ring (bicyclic) bond motifs is 3. The van der Waals surface area contributed by atoms with E-state index in [4.69, 9.17) is 9.72 Å². The van der Waals surface area contributed by atoms with Crippen molar-refractivity contribution in [3.05, 3.63) is 23.4 Å². The number of hydrogen-bond acceptors (Lipinski definition) is 4. The fourth-order valence-electron chi connectivity index (χ4n) is 4.25. The van der Waals surface area contributed by atoms with Crippen LogP contribution in [0.15, 0.2) is 12.1 Å². The molecule has 0 aromatic carbocycles. The third kappa shape index (κ3) is 3.14. The molecule has 4 heterocycles. The minimum absolute atomic E-state index is 0.230. The lowest BCUT2D eigenvalue weighted by atomic mass is 9.94. The van der Waals surface area contributed by atoms with Crippen LogP contribution in [0.25, 0.3) is 0 Å². The van der Waals surface area contributed by atoms with Crippen LogP contribution in [0.5, 0.6) is 5.88 Å². The Morgan fingerprint density at radius 3 is 2.75 bits per heavy atom. The van der Waals surface area contributed by atoms with Gasteiger partial charge in [0.2, 0.25) is 11.8 Å². The van der Waals surface area contributed by atoms with Crippen LogP contribution in [0.2, 0.25) is 0 Å². The van der Waals surface area contributed by atoms with Crippen molar-refractivity contribution in [1.29, 1.82) is 0 Å². The number of carbonyl (C=O) groups is 1. The summed E-state index contributed by atoms with van der Waals surface area (Å²) in [6.07, 6.45) is 7.19. The molecule has 130 valence electrons. The van der Waals surface area contributed by atoms with Crippen molar-refractivity contribution < 1.29 is 9.53 Å². The minimum atomic E-state index is 0.230. The maximum absolute atomic E-state index is 12.3. The van der Waals surface area contributed by atoms with Crippen molar-refractivity contribution >= 4 is 5.91 Å². The van der Waals surface area contributed by atoms with Crippen molar-refractivity contribution in [1.82, 2.24) is 14.8 Å². The number of likely N-dealkylation sites (tertiary alicyclic amines) is 1. The minimum Gasteiger partial charge on any atom is -0.474 e. The van der Waals surface area contributed by atoms with Gasteiger partial charge < -0.3 is 14.5 Å². The van der Waals surface area contributed by atoms with E-state index < -0.39 is 0 Å². The largest absolute Gasteiger partial charge is 0.474 e. The lowest BCUT2D eigenvalue weighted by Crippen LogP contribution is -2.39. The molecule has 3 aliphatic heterocycles. The number of piperidine rings is 1. The van der Waals surface area contributed by atoms with Gasteiger partial charge in [0.25, 0.3) is 0 Å². The maximum Gasteiger partial charge on any atom is 0.223 e. The molecule has 3 aliphatic rings. The second kappa shape index (κ2) is 6.71. The SMILES string of the molecule is CN1CCC(Oc2ccc3c(n2)CCN2C(=O)CCCCC32)CC1. The van der Waals surface area contributed by atoms with Gasteiger partial charge in [-0.05, 0) is 44.4 Å². The first-order valence-electron chi connectivity index (χ1n) is 9.35. The van der Waals surface area contributed by atoms with E-state index in [0.29, 0.717) is 12.3 Å². The molecule has 2 saturated heterocycles. The Kier molecular flexibility index (Phi) is 4.44. The normalized spacial score (nSPS) is 25.8. The van der Waals surface area contributed by atoms with Gasteiger partial charge in [-0.3, -0.25) is 4.79 Å². The number of carbonyl (C=O) groups excluding carboxylic acids is 1. The second-order valence-electron chi connectivity index (χ2n) is 7.40. The predicted octanol–water partition coefficient (Wildman–Crippen LogP) is 2.55. The number of pyridine rings is 1. The fourth-order valence-corrected chi connectivity index (χ4v) is 4.25. The number of rotatable bonds is 2. The van der Waals surface area contributed by atoms with Crippen molar-refractivity contribution in [3.8, 4) is 5.88 Å². The molecule has 5 heteroatoms. The molecule has 24 heavy (non-hydrogen) atoms. The monoisotopic (exact) mass is 329 g/mol. The molecule has 1 amide bonds. The Morgan fingerprint density at radius 2 is 1.92 bits per heavy atom. The topological polar surface area (TPSA) is 45.7 Å². The summed E-state index contributed by atoms with van der Waals surface area (Å²) in [4.78, 5) is 21.5. The van der Waals surface area contributed by atoms with Gasteiger partial charge in [0, 0.05) is 38.5 Å². The molecule has 0 saturated carbocycles. The molecule has 4 rings (SSSR count). The van der Waals surface area contributed by atoms with Crippen LogP contribution in [0.4, 0.5) is 0 Å². The lowest BCUT2D eigenvalue weighted by molar-refractivity contribution is -0.133. The average molecular weight is 329 g/mol. The van der Waals surface area contributed by atoms with Gasteiger partial charge in [-0.15, -0.1) is 0 Å². The summed E-state index contributed by atoms with van der Waals surface area (Å²) >= 11 is 0. The maximum atomic E-state index is 12.3. The van der Waals surface area contributed by atoms with Gasteiger partial charge in [0.05, 0.1) is 11.7 Å². The van der Waals surface area contributed by atoms with E-state index in [0.717, 1.165) is 69.7 Å². The van der Waals surface area contributed by atoms with E-state index in [1.165, 1.54) is 5.56 Å². The Balaban J connectivity index is 1.50. The van der Waals surface area contributed by atoms with Crippen molar-refractivity contribution in [3.63, 3.8) is 0 Å². The Morgan fingerprint density at radius 1 is 1.08 bits per heavy atom. The lowest BCUT2D eigenvalue weighted by Gasteiger charge is -2.36. The van der Waals surface area contributed by atoms with Crippen LogP contribution in [0.1, 0.15) is 55.8 Å². The molecule has 0 aliphatic carbocycles. The number of nitrogens with zero attached hydrogens (tertiary/aromatic N) is 3. The summed E-state index contributed by atoms with van der Waals surface area (Å²) in [6.45, 7) is 2.99. The Hall–Kier alpha value is -1.62. The van der Waals surface area contributed by atoms with Gasteiger partial charge in [-0.1, -0.05) is 6.42 Å². The summed E-state index contributed by atoms with van der Waals surface area (Å²) < 4.78 is 6.13. The number of amides is 1. The predicted molar refractivity (Wildman–Crippen MR) is 92.0 cm³/mol. The van der Waals surface area contributed by atoms with Crippen LogP contribution in [-0.2, 0) is 11.2 Å². The van der Waals surface area contributed by atoms with Gasteiger partial charge in [0.1, 0.15) is 6.10 Å². The number of aromatic nitrogens is 1. The molecule has 0 N–H and O–H groups in total. The van der Waals surface area contributed by atoms with Crippen LogP contribution < -0.4 is 4.74 Å². The summed E-state index contributed by atoms with van der Waals surface area (Å²) in [5.41, 5.74) is 2.38. The highest BCUT2D eigenvalue weighted by atomic mass is 16.5. The summed E-state index contributed by atoms with van der Waals surface area (Å²) in [5, 5.41) is 0. The number of hydrogen-bond donors (Lipinski definition) is 0. The van der Waals surface area contributed by atoms with Crippen molar-refractivity contribution in [2.75, 3.05) is 26.7 Å². The zero-order valence-corrected chi connectivity index (χ0v) is 14.5. The van der Waals surface area contributed by atoms with Crippen LogP contribution in [-0.4, -0.2) is 53.5 Å². The molecule has 1 unspecified atom stereocenters. The first kappa shape index (κ1) is 15.9. The fraction of sp³-hybridized carbons (Fsp3) is 0.684. The first-order chi connectivity index (χ1) is 11.7. The summed E-state index contributed by atoms with van der Waals surface area (Å²) in [7, 11) is 2.16. The molecule has 0 spiro atoms. The van der Waals surface area contributed by atoms with E-state index in [1.807, 2.05) is 6.07 Å². The molecule has 0 bridgehead atoms. The van der Waals surface area contributed by atoms with Crippen LogP contribution >= 0.6 is 0 Å². The van der Waals surface area contributed by atoms with E-state index >= 15 is 0 Å². The van der Waals surface area contributed by atoms with Gasteiger partial charge >= 0.3 is 0 Å². The summed E-state index contributed by atoms with van der Waals surface area (Å²) in [5.74, 6) is 1.08. The highest BCUT2D eigenvalue weighted by Crippen LogP contribution is 2.36. The Bertz CT molecular complexity index is 611. The molecule has 2 fully saturated rings. The van der Waals surface area contributed by atoms with E-state index in [2.05, 4.69) is 22.9 Å². The van der Waals surface area contributed by atoms with Gasteiger partial charge in [-0.25, -0.2) is 4.98 Å².